The van der Waals surface area contributed by atoms with Crippen LogP contribution in [-0.2, 0) is 73.0 Å². The van der Waals surface area contributed by atoms with Crippen molar-refractivity contribution in [1.29, 1.82) is 0 Å². The van der Waals surface area contributed by atoms with Gasteiger partial charge in [0.1, 0.15) is 27.4 Å². The second kappa shape index (κ2) is 59.2. The topological polar surface area (TPSA) is 430 Å². The molecule has 0 aliphatic heterocycles. The van der Waals surface area contributed by atoms with E-state index in [-0.39, 0.29) is 63.1 Å². The third-order valence-corrected chi connectivity index (χ3v) is 15.1. The quantitative estimate of drug-likeness (QED) is 0.00997. The van der Waals surface area contributed by atoms with Crippen LogP contribution < -0.4 is 5.63 Å². The Morgan fingerprint density at radius 2 is 0.932 bits per heavy atom. The lowest BCUT2D eigenvalue weighted by Crippen LogP contribution is -2.15. The number of carbonyl (C=O) groups excluding carboxylic acids is 11. The number of rotatable bonds is 16. The van der Waals surface area contributed by atoms with E-state index in [4.69, 9.17) is 4.42 Å². The Morgan fingerprint density at radius 1 is 0.483 bits per heavy atom. The van der Waals surface area contributed by atoms with Gasteiger partial charge in [0, 0.05) is 60.2 Å². The number of non-ortho nitro benzene ring substituents is 1. The number of halogens is 2. The van der Waals surface area contributed by atoms with Crippen molar-refractivity contribution in [2.24, 2.45) is 0 Å². The van der Waals surface area contributed by atoms with Gasteiger partial charge in [0.25, 0.3) is 28.6 Å². The van der Waals surface area contributed by atoms with E-state index >= 15 is 0 Å². The largest absolute Gasteiger partial charge is 0.469 e. The maximum Gasteiger partial charge on any atom is 0.379 e. The molecule has 0 N–H and O–H groups in total. The maximum absolute atomic E-state index is 12.7. The fourth-order valence-electron chi connectivity index (χ4n) is 8.11. The highest BCUT2D eigenvalue weighted by Gasteiger charge is 2.21. The minimum Gasteiger partial charge on any atom is -0.469 e. The van der Waals surface area contributed by atoms with E-state index in [0.717, 1.165) is 37.3 Å². The van der Waals surface area contributed by atoms with Gasteiger partial charge in [-0.25, -0.2) is 42.7 Å². The molecule has 118 heavy (non-hydrogen) atoms. The van der Waals surface area contributed by atoms with Crippen molar-refractivity contribution in [2.75, 3.05) is 70.4 Å². The summed E-state index contributed by atoms with van der Waals surface area (Å²) in [5.41, 5.74) is 3.72. The summed E-state index contributed by atoms with van der Waals surface area (Å²) in [7, 11) is 11.3. The Kier molecular flexibility index (Phi) is 51.8. The summed E-state index contributed by atoms with van der Waals surface area (Å²) in [6, 6.07) is 60.7. The lowest BCUT2D eigenvalue weighted by molar-refractivity contribution is -0.385. The molecule has 34 heteroatoms. The number of para-hydroxylation sites is 3. The number of esters is 9. The predicted octanol–water partition coefficient (Wildman–Crippen LogP) is 15.4. The van der Waals surface area contributed by atoms with Crippen molar-refractivity contribution in [3.05, 3.63) is 337 Å². The van der Waals surface area contributed by atoms with Gasteiger partial charge in [-0.2, -0.15) is 0 Å². The fraction of sp³-hybridized carbons (Fsp3) is 0.190. The predicted molar refractivity (Wildman–Crippen MR) is 435 cm³/mol. The Hall–Kier alpha value is -14.6. The molecule has 1 unspecified atom stereocenters. The lowest BCUT2D eigenvalue weighted by Gasteiger charge is -2.08. The fourth-order valence-corrected chi connectivity index (χ4v) is 8.75. The zero-order valence-electron chi connectivity index (χ0n) is 66.3. The van der Waals surface area contributed by atoms with Crippen molar-refractivity contribution in [3.8, 4) is 0 Å². The maximum atomic E-state index is 12.7. The average molecular weight is 1670 g/mol. The number of benzene rings is 8. The molecular formula is C84H85ClFN3O28S. The number of thiophene rings is 1. The number of carbonyl (C=O) groups is 11. The summed E-state index contributed by atoms with van der Waals surface area (Å²) in [6.45, 7) is 7.48. The molecule has 0 saturated carbocycles. The SMILES string of the molecule is CCc1ccc(C)cc1.CCl.COC(=O)/C=C/c1ccccc1[N+](=O)[O-].COC(=O)C(=O)c1ccc([N+](=O)[O-])cc1.COC(=O)C(=O)c1ccccc1.COC(=O)C(C)c1ccccc1.COC(=O)c1cc2ccccc2oc1=O.COC(=O)c1ccccc1F.COC(=O)c1ccccc1[N+](=O)[O-].COC(=O)c1cccs1.COC(C)=O. The first-order valence-electron chi connectivity index (χ1n) is 33.8. The number of hydrogen-bond acceptors (Lipinski definition) is 29. The number of nitrogens with zero attached hydrogens (tertiary/aromatic N) is 3. The second-order valence-corrected chi connectivity index (χ2v) is 22.8. The van der Waals surface area contributed by atoms with E-state index < -0.39 is 73.6 Å². The summed E-state index contributed by atoms with van der Waals surface area (Å²) in [6.07, 6.45) is 5.10. The van der Waals surface area contributed by atoms with Gasteiger partial charge in [-0.3, -0.25) is 49.5 Å². The van der Waals surface area contributed by atoms with Gasteiger partial charge in [-0.05, 0) is 97.4 Å². The first-order chi connectivity index (χ1) is 56.3. The van der Waals surface area contributed by atoms with Gasteiger partial charge >= 0.3 is 59.3 Å². The monoisotopic (exact) mass is 1670 g/mol. The van der Waals surface area contributed by atoms with Gasteiger partial charge in [-0.15, -0.1) is 22.9 Å². The van der Waals surface area contributed by atoms with E-state index in [1.807, 2.05) is 48.7 Å². The molecule has 2 aromatic heterocycles. The Morgan fingerprint density at radius 3 is 1.39 bits per heavy atom. The number of Topliss-reactive ketones (excluding diaryl/α,β-unsaturated/α-hetero) is 2. The second-order valence-electron chi connectivity index (χ2n) is 21.9. The standard InChI is InChI=1S/C11H8O4.C10H9NO4.C10H12O2.C9H7NO5.C9H8O3.C9H12.C8H7FO2.C8H7NO4.C6H6O2S.C3H6O2.CH3Cl/c1-14-10(12)8-6-7-4-2-3-5-9(7)15-11(8)13;1-15-10(12)7-6-8-4-2-3-5-9(8)11(13)14;1-8(10(11)12-2)9-6-4-3-5-7-9;1-15-9(12)8(11)6-2-4-7(5-3-6)10(13)14;1-12-9(11)8(10)7-5-3-2-4-6-7;1-3-9-6-4-8(2)5-7-9;1-11-8(10)6-4-2-3-5-7(6)9;1-13-8(10)6-4-2-3-5-7(6)9(11)12;1-8-6(7)5-3-2-4-9-5;1-3(4)5-2;1-2/h2-6H,1H3;2-7H,1H3;3-8H,1-2H3;2-5H,1H3;2-6H,1H3;4-7H,3H2,1-2H3;2-5H,1H3;2-5H,1H3;2-4H,1H3;1-2H3;1H3/b;7-6+;;;;;;;;;. The van der Waals surface area contributed by atoms with Gasteiger partial charge in [0.05, 0.1) is 95.8 Å². The lowest BCUT2D eigenvalue weighted by atomic mass is 10.0. The molecular weight excluding hydrogens is 1590 g/mol. The van der Waals surface area contributed by atoms with Crippen LogP contribution in [0.5, 0.6) is 0 Å². The minimum absolute atomic E-state index is 0.0324. The number of nitro benzene ring substituents is 3. The average Bonchev–Trinajstić information content (AvgIpc) is 0.872. The molecule has 0 radical (unpaired) electrons. The number of ketones is 2. The zero-order chi connectivity index (χ0) is 89.2. The zero-order valence-corrected chi connectivity index (χ0v) is 67.9. The van der Waals surface area contributed by atoms with E-state index in [2.05, 4.69) is 92.3 Å². The summed E-state index contributed by atoms with van der Waals surface area (Å²) >= 11 is 6.02. The molecule has 10 rings (SSSR count). The summed E-state index contributed by atoms with van der Waals surface area (Å²) in [5, 5.41) is 33.9. The normalized spacial score (nSPS) is 9.59. The van der Waals surface area contributed by atoms with E-state index in [1.165, 1.54) is 159 Å². The third kappa shape index (κ3) is 39.2. The molecule has 0 aliphatic rings. The Balaban J connectivity index is 0.00000130. The van der Waals surface area contributed by atoms with Crippen LogP contribution in [0.15, 0.2) is 245 Å². The Bertz CT molecular complexity index is 4970. The highest BCUT2D eigenvalue weighted by atomic mass is 35.5. The van der Waals surface area contributed by atoms with E-state index in [0.29, 0.717) is 27.0 Å². The molecule has 0 spiro atoms. The van der Waals surface area contributed by atoms with Crippen LogP contribution >= 0.6 is 22.9 Å². The molecule has 0 aliphatic carbocycles. The third-order valence-electron chi connectivity index (χ3n) is 14.3. The van der Waals surface area contributed by atoms with Gasteiger partial charge < -0.3 is 47.0 Å². The van der Waals surface area contributed by atoms with Crippen LogP contribution in [0, 0.1) is 43.1 Å². The number of alkyl halides is 1. The van der Waals surface area contributed by atoms with Crippen LogP contribution in [0.4, 0.5) is 21.5 Å². The van der Waals surface area contributed by atoms with E-state index in [9.17, 15) is 92.3 Å². The molecule has 0 bridgehead atoms. The molecule has 31 nitrogen and oxygen atoms in total. The summed E-state index contributed by atoms with van der Waals surface area (Å²) < 4.78 is 57.0. The molecule has 1 atom stereocenters. The minimum atomic E-state index is -0.996. The molecule has 0 fully saturated rings. The first kappa shape index (κ1) is 103. The molecule has 0 saturated heterocycles. The number of nitro groups is 3. The van der Waals surface area contributed by atoms with Crippen LogP contribution in [0.2, 0.25) is 0 Å². The number of hydrogen-bond donors (Lipinski definition) is 0. The number of fused-ring (bicyclic) bond motifs is 1. The van der Waals surface area contributed by atoms with Crippen LogP contribution in [0.3, 0.4) is 0 Å². The highest BCUT2D eigenvalue weighted by Crippen LogP contribution is 2.21. The molecule has 2 heterocycles. The first-order valence-corrected chi connectivity index (χ1v) is 35.5. The number of aryl methyl sites for hydroxylation is 2. The van der Waals surface area contributed by atoms with Crippen LogP contribution in [-0.4, -0.2) is 150 Å². The molecule has 10 aromatic rings. The molecule has 624 valence electrons. The molecule has 0 amide bonds. The van der Waals surface area contributed by atoms with Crippen LogP contribution in [0.25, 0.3) is 17.0 Å². The van der Waals surface area contributed by atoms with Gasteiger partial charge in [-0.1, -0.05) is 158 Å². The summed E-state index contributed by atoms with van der Waals surface area (Å²) in [5.74, 6) is -7.28. The van der Waals surface area contributed by atoms with Crippen molar-refractivity contribution >= 4 is 122 Å². The van der Waals surface area contributed by atoms with Crippen molar-refractivity contribution in [3.63, 3.8) is 0 Å². The van der Waals surface area contributed by atoms with Crippen molar-refractivity contribution in [1.82, 2.24) is 0 Å². The number of ether oxygens (including phenoxy) is 9. The number of methoxy groups -OCH3 is 9. The summed E-state index contributed by atoms with van der Waals surface area (Å²) in [4.78, 5) is 161. The van der Waals surface area contributed by atoms with Crippen molar-refractivity contribution in [2.45, 2.75) is 40.0 Å². The van der Waals surface area contributed by atoms with Crippen LogP contribution in [0.1, 0.15) is 110 Å². The smallest absolute Gasteiger partial charge is 0.379 e. The van der Waals surface area contributed by atoms with Gasteiger partial charge in [0.2, 0.25) is 0 Å². The van der Waals surface area contributed by atoms with Crippen molar-refractivity contribution < 1.29 is 119 Å². The highest BCUT2D eigenvalue weighted by molar-refractivity contribution is 7.12. The Labute approximate surface area is 685 Å². The van der Waals surface area contributed by atoms with E-state index in [1.54, 1.807) is 91.0 Å². The van der Waals surface area contributed by atoms with Gasteiger partial charge in [0.15, 0.2) is 0 Å². The molecule has 8 aromatic carbocycles.